The van der Waals surface area contributed by atoms with Gasteiger partial charge in [-0.15, -0.1) is 0 Å². The number of hydrogen-bond acceptors (Lipinski definition) is 2. The van der Waals surface area contributed by atoms with Crippen molar-refractivity contribution in [2.24, 2.45) is 0 Å². The smallest absolute Gasteiger partial charge is 0.302 e. The Morgan fingerprint density at radius 1 is 1.29 bits per heavy atom. The second-order valence-corrected chi connectivity index (χ2v) is 3.06. The van der Waals surface area contributed by atoms with E-state index in [1.54, 1.807) is 0 Å². The Morgan fingerprint density at radius 2 is 1.93 bits per heavy atom. The van der Waals surface area contributed by atoms with Crippen LogP contribution in [0.4, 0.5) is 0 Å². The van der Waals surface area contributed by atoms with E-state index in [9.17, 15) is 4.79 Å². The van der Waals surface area contributed by atoms with Crippen LogP contribution in [0.5, 0.6) is 0 Å². The number of allylic oxidation sites excluding steroid dienone is 1. The average Bonchev–Trinajstić information content (AvgIpc) is 2.18. The minimum Gasteiger partial charge on any atom is -0.462 e. The monoisotopic (exact) mass is 190 g/mol. The lowest BCUT2D eigenvalue weighted by atomic mass is 10.1. The van der Waals surface area contributed by atoms with Gasteiger partial charge in [-0.1, -0.05) is 30.3 Å². The predicted molar refractivity (Wildman–Crippen MR) is 56.7 cm³/mol. The van der Waals surface area contributed by atoms with Crippen molar-refractivity contribution in [1.82, 2.24) is 0 Å². The van der Waals surface area contributed by atoms with E-state index in [-0.39, 0.29) is 5.97 Å². The third-order valence-corrected chi connectivity index (χ3v) is 1.91. The largest absolute Gasteiger partial charge is 0.462 e. The van der Waals surface area contributed by atoms with E-state index in [1.165, 1.54) is 6.92 Å². The Labute approximate surface area is 84.2 Å². The molecule has 1 aromatic carbocycles. The summed E-state index contributed by atoms with van der Waals surface area (Å²) in [5.41, 5.74) is 2.27. The third-order valence-electron chi connectivity index (χ3n) is 1.91. The summed E-state index contributed by atoms with van der Waals surface area (Å²) in [6.45, 7) is 3.75. The van der Waals surface area contributed by atoms with Crippen LogP contribution in [-0.4, -0.2) is 12.6 Å². The van der Waals surface area contributed by atoms with Gasteiger partial charge in [-0.05, 0) is 24.1 Å². The molecule has 0 aliphatic carbocycles. The normalized spacial score (nSPS) is 11.1. The zero-order chi connectivity index (χ0) is 10.4. The van der Waals surface area contributed by atoms with Crippen LogP contribution in [-0.2, 0) is 9.53 Å². The maximum atomic E-state index is 10.5. The highest BCUT2D eigenvalue weighted by Gasteiger charge is 1.94. The van der Waals surface area contributed by atoms with Gasteiger partial charge in [-0.3, -0.25) is 4.79 Å². The summed E-state index contributed by atoms with van der Waals surface area (Å²) < 4.78 is 4.82. The van der Waals surface area contributed by atoms with Gasteiger partial charge in [0.25, 0.3) is 0 Å². The van der Waals surface area contributed by atoms with Gasteiger partial charge in [0, 0.05) is 6.92 Å². The number of ether oxygens (including phenoxy) is 1. The SMILES string of the molecule is CC(=O)OC/C=C(\C)c1ccccc1. The minimum atomic E-state index is -0.248. The number of esters is 1. The average molecular weight is 190 g/mol. The van der Waals surface area contributed by atoms with Crippen molar-refractivity contribution in [2.45, 2.75) is 13.8 Å². The maximum absolute atomic E-state index is 10.5. The number of carbonyl (C=O) groups is 1. The summed E-state index contributed by atoms with van der Waals surface area (Å²) in [5.74, 6) is -0.248. The zero-order valence-corrected chi connectivity index (χ0v) is 8.49. The number of hydrogen-bond donors (Lipinski definition) is 0. The molecule has 14 heavy (non-hydrogen) atoms. The lowest BCUT2D eigenvalue weighted by Gasteiger charge is -2.01. The molecule has 0 heterocycles. The number of rotatable bonds is 3. The van der Waals surface area contributed by atoms with E-state index >= 15 is 0 Å². The molecule has 0 atom stereocenters. The van der Waals surface area contributed by atoms with Gasteiger partial charge >= 0.3 is 5.97 Å². The van der Waals surface area contributed by atoms with Crippen molar-refractivity contribution in [3.8, 4) is 0 Å². The first-order valence-electron chi connectivity index (χ1n) is 4.55. The van der Waals surface area contributed by atoms with Crippen LogP contribution in [0.25, 0.3) is 5.57 Å². The topological polar surface area (TPSA) is 26.3 Å². The Bertz CT molecular complexity index is 325. The molecule has 0 unspecified atom stereocenters. The van der Waals surface area contributed by atoms with E-state index in [0.717, 1.165) is 11.1 Å². The van der Waals surface area contributed by atoms with Crippen LogP contribution in [0.15, 0.2) is 36.4 Å². The lowest BCUT2D eigenvalue weighted by Crippen LogP contribution is -1.98. The molecule has 0 aromatic heterocycles. The van der Waals surface area contributed by atoms with Crippen LogP contribution >= 0.6 is 0 Å². The van der Waals surface area contributed by atoms with Gasteiger partial charge < -0.3 is 4.74 Å². The first kappa shape index (κ1) is 10.5. The van der Waals surface area contributed by atoms with Gasteiger partial charge in [0.1, 0.15) is 6.61 Å². The van der Waals surface area contributed by atoms with Crippen molar-refractivity contribution in [1.29, 1.82) is 0 Å². The molecule has 2 nitrogen and oxygen atoms in total. The molecule has 0 aliphatic heterocycles. The lowest BCUT2D eigenvalue weighted by molar-refractivity contribution is -0.139. The highest BCUT2D eigenvalue weighted by molar-refractivity contribution is 5.67. The molecule has 0 aliphatic rings. The van der Waals surface area contributed by atoms with Gasteiger partial charge in [-0.2, -0.15) is 0 Å². The molecule has 0 saturated carbocycles. The molecule has 0 N–H and O–H groups in total. The van der Waals surface area contributed by atoms with Crippen LogP contribution in [0.3, 0.4) is 0 Å². The first-order valence-corrected chi connectivity index (χ1v) is 4.55. The molecule has 74 valence electrons. The molecule has 0 radical (unpaired) electrons. The number of benzene rings is 1. The van der Waals surface area contributed by atoms with Crippen molar-refractivity contribution in [2.75, 3.05) is 6.61 Å². The highest BCUT2D eigenvalue weighted by Crippen LogP contribution is 2.11. The summed E-state index contributed by atoms with van der Waals surface area (Å²) >= 11 is 0. The quantitative estimate of drug-likeness (QED) is 0.685. The maximum Gasteiger partial charge on any atom is 0.302 e. The summed E-state index contributed by atoms with van der Waals surface area (Å²) in [7, 11) is 0. The molecule has 0 amide bonds. The van der Waals surface area contributed by atoms with E-state index < -0.39 is 0 Å². The molecular formula is C12H14O2. The van der Waals surface area contributed by atoms with Crippen molar-refractivity contribution in [3.63, 3.8) is 0 Å². The van der Waals surface area contributed by atoms with E-state index in [4.69, 9.17) is 4.74 Å². The van der Waals surface area contributed by atoms with Crippen LogP contribution in [0.1, 0.15) is 19.4 Å². The fourth-order valence-electron chi connectivity index (χ4n) is 1.10. The molecular weight excluding hydrogens is 176 g/mol. The van der Waals surface area contributed by atoms with Crippen LogP contribution in [0, 0.1) is 0 Å². The zero-order valence-electron chi connectivity index (χ0n) is 8.49. The summed E-state index contributed by atoms with van der Waals surface area (Å²) in [6, 6.07) is 10.00. The van der Waals surface area contributed by atoms with E-state index in [2.05, 4.69) is 0 Å². The first-order chi connectivity index (χ1) is 6.70. The summed E-state index contributed by atoms with van der Waals surface area (Å²) in [5, 5.41) is 0. The molecule has 0 spiro atoms. The Hall–Kier alpha value is -1.57. The van der Waals surface area contributed by atoms with Gasteiger partial charge in [0.15, 0.2) is 0 Å². The second kappa shape index (κ2) is 5.22. The Kier molecular flexibility index (Phi) is 3.92. The molecule has 0 bridgehead atoms. The van der Waals surface area contributed by atoms with Crippen molar-refractivity contribution >= 4 is 11.5 Å². The van der Waals surface area contributed by atoms with Gasteiger partial charge in [-0.25, -0.2) is 0 Å². The second-order valence-electron chi connectivity index (χ2n) is 3.06. The molecule has 1 rings (SSSR count). The standard InChI is InChI=1S/C12H14O2/c1-10(8-9-14-11(2)13)12-6-4-3-5-7-12/h3-8H,9H2,1-2H3/b10-8+. The third kappa shape index (κ3) is 3.44. The van der Waals surface area contributed by atoms with E-state index in [0.29, 0.717) is 6.61 Å². The van der Waals surface area contributed by atoms with Crippen molar-refractivity contribution < 1.29 is 9.53 Å². The molecule has 1 aromatic rings. The van der Waals surface area contributed by atoms with E-state index in [1.807, 2.05) is 43.3 Å². The molecule has 2 heteroatoms. The minimum absolute atomic E-state index is 0.248. The predicted octanol–water partition coefficient (Wildman–Crippen LogP) is 2.65. The number of carbonyl (C=O) groups excluding carboxylic acids is 1. The van der Waals surface area contributed by atoms with Crippen LogP contribution < -0.4 is 0 Å². The van der Waals surface area contributed by atoms with Gasteiger partial charge in [0.2, 0.25) is 0 Å². The Morgan fingerprint density at radius 3 is 2.50 bits per heavy atom. The Balaban J connectivity index is 2.57. The summed E-state index contributed by atoms with van der Waals surface area (Å²) in [6.07, 6.45) is 1.90. The molecule has 0 saturated heterocycles. The van der Waals surface area contributed by atoms with Crippen LogP contribution in [0.2, 0.25) is 0 Å². The fourth-order valence-corrected chi connectivity index (χ4v) is 1.10. The highest BCUT2D eigenvalue weighted by atomic mass is 16.5. The summed E-state index contributed by atoms with van der Waals surface area (Å²) in [4.78, 5) is 10.5. The fraction of sp³-hybridized carbons (Fsp3) is 0.250. The molecule has 0 fully saturated rings. The van der Waals surface area contributed by atoms with Crippen molar-refractivity contribution in [3.05, 3.63) is 42.0 Å². The van der Waals surface area contributed by atoms with Gasteiger partial charge in [0.05, 0.1) is 0 Å².